The summed E-state index contributed by atoms with van der Waals surface area (Å²) in [7, 11) is 0. The van der Waals surface area contributed by atoms with Crippen molar-refractivity contribution in [3.63, 3.8) is 0 Å². The van der Waals surface area contributed by atoms with Crippen molar-refractivity contribution in [2.75, 3.05) is 13.2 Å². The maximum Gasteiger partial charge on any atom is 0.270 e. The number of nitrogens with zero attached hydrogens (tertiary/aromatic N) is 2. The normalized spacial score (nSPS) is 22.5. The van der Waals surface area contributed by atoms with E-state index in [2.05, 4.69) is 9.97 Å². The molecule has 1 aliphatic heterocycles. The number of hydrogen-bond acceptors (Lipinski definition) is 4. The molecular formula is C15H19N3O2S. The van der Waals surface area contributed by atoms with E-state index in [0.717, 1.165) is 16.3 Å². The van der Waals surface area contributed by atoms with E-state index in [4.69, 9.17) is 4.74 Å². The predicted octanol–water partition coefficient (Wildman–Crippen LogP) is 2.70. The van der Waals surface area contributed by atoms with E-state index in [-0.39, 0.29) is 18.1 Å². The molecule has 112 valence electrons. The SMILES string of the molecule is Cc1nc(-c2c[nH]c(C(=O)N3C[C@@H](C)OC[C@@H]3C)c2)cs1. The summed E-state index contributed by atoms with van der Waals surface area (Å²) in [5.41, 5.74) is 2.48. The van der Waals surface area contributed by atoms with E-state index in [1.807, 2.05) is 43.3 Å². The van der Waals surface area contributed by atoms with Gasteiger partial charge in [-0.3, -0.25) is 4.79 Å². The molecule has 0 saturated carbocycles. The molecule has 0 aliphatic carbocycles. The maximum atomic E-state index is 12.6. The topological polar surface area (TPSA) is 58.2 Å². The van der Waals surface area contributed by atoms with E-state index in [1.54, 1.807) is 11.3 Å². The molecule has 2 aromatic heterocycles. The van der Waals surface area contributed by atoms with E-state index >= 15 is 0 Å². The van der Waals surface area contributed by atoms with Crippen LogP contribution >= 0.6 is 11.3 Å². The second kappa shape index (κ2) is 5.61. The molecule has 0 aromatic carbocycles. The molecule has 21 heavy (non-hydrogen) atoms. The number of H-pyrrole nitrogens is 1. The van der Waals surface area contributed by atoms with Gasteiger partial charge in [0.1, 0.15) is 5.69 Å². The predicted molar refractivity (Wildman–Crippen MR) is 82.6 cm³/mol. The minimum atomic E-state index is 0.0239. The first-order valence-electron chi connectivity index (χ1n) is 7.08. The minimum absolute atomic E-state index is 0.0239. The van der Waals surface area contributed by atoms with Crippen LogP contribution in [0.2, 0.25) is 0 Å². The zero-order valence-corrected chi connectivity index (χ0v) is 13.2. The van der Waals surface area contributed by atoms with Crippen molar-refractivity contribution < 1.29 is 9.53 Å². The fourth-order valence-corrected chi connectivity index (χ4v) is 3.12. The molecule has 3 heterocycles. The van der Waals surface area contributed by atoms with Crippen LogP contribution < -0.4 is 0 Å². The number of aromatic nitrogens is 2. The summed E-state index contributed by atoms with van der Waals surface area (Å²) in [4.78, 5) is 22.0. The van der Waals surface area contributed by atoms with Crippen LogP contribution in [0.25, 0.3) is 11.3 Å². The molecule has 1 aliphatic rings. The number of rotatable bonds is 2. The number of ether oxygens (including phenoxy) is 1. The molecule has 0 spiro atoms. The number of amides is 1. The van der Waals surface area contributed by atoms with Crippen molar-refractivity contribution in [3.8, 4) is 11.3 Å². The number of aromatic amines is 1. The molecule has 0 unspecified atom stereocenters. The van der Waals surface area contributed by atoms with Gasteiger partial charge in [0.2, 0.25) is 0 Å². The highest BCUT2D eigenvalue weighted by Gasteiger charge is 2.29. The number of thiazole rings is 1. The number of morpholine rings is 1. The minimum Gasteiger partial charge on any atom is -0.375 e. The molecule has 6 heteroatoms. The number of carbonyl (C=O) groups is 1. The van der Waals surface area contributed by atoms with Crippen molar-refractivity contribution in [2.24, 2.45) is 0 Å². The number of hydrogen-bond donors (Lipinski definition) is 1. The summed E-state index contributed by atoms with van der Waals surface area (Å²) < 4.78 is 5.57. The van der Waals surface area contributed by atoms with Gasteiger partial charge in [-0.2, -0.15) is 0 Å². The van der Waals surface area contributed by atoms with Gasteiger partial charge in [-0.05, 0) is 26.8 Å². The highest BCUT2D eigenvalue weighted by atomic mass is 32.1. The van der Waals surface area contributed by atoms with E-state index in [9.17, 15) is 4.79 Å². The second-order valence-electron chi connectivity index (χ2n) is 5.50. The van der Waals surface area contributed by atoms with Crippen molar-refractivity contribution in [3.05, 3.63) is 28.3 Å². The lowest BCUT2D eigenvalue weighted by Gasteiger charge is -2.36. The Morgan fingerprint density at radius 1 is 1.52 bits per heavy atom. The Morgan fingerprint density at radius 2 is 2.33 bits per heavy atom. The Balaban J connectivity index is 1.80. The van der Waals surface area contributed by atoms with Crippen molar-refractivity contribution in [2.45, 2.75) is 32.9 Å². The summed E-state index contributed by atoms with van der Waals surface area (Å²) in [6.07, 6.45) is 1.93. The van der Waals surface area contributed by atoms with Gasteiger partial charge in [-0.15, -0.1) is 11.3 Å². The summed E-state index contributed by atoms with van der Waals surface area (Å²) >= 11 is 1.61. The van der Waals surface area contributed by atoms with Gasteiger partial charge < -0.3 is 14.6 Å². The van der Waals surface area contributed by atoms with Crippen molar-refractivity contribution >= 4 is 17.2 Å². The van der Waals surface area contributed by atoms with Gasteiger partial charge in [0.15, 0.2) is 0 Å². The maximum absolute atomic E-state index is 12.6. The lowest BCUT2D eigenvalue weighted by Crippen LogP contribution is -2.50. The Labute approximate surface area is 128 Å². The fraction of sp³-hybridized carbons (Fsp3) is 0.467. The lowest BCUT2D eigenvalue weighted by molar-refractivity contribution is -0.0388. The molecule has 0 bridgehead atoms. The quantitative estimate of drug-likeness (QED) is 0.928. The summed E-state index contributed by atoms with van der Waals surface area (Å²) in [5.74, 6) is 0.0239. The number of carbonyl (C=O) groups excluding carboxylic acids is 1. The average Bonchev–Trinajstić information content (AvgIpc) is 3.09. The molecule has 2 aromatic rings. The van der Waals surface area contributed by atoms with E-state index in [0.29, 0.717) is 18.8 Å². The summed E-state index contributed by atoms with van der Waals surface area (Å²) in [5, 5.41) is 3.03. The fourth-order valence-electron chi connectivity index (χ4n) is 2.50. The third-order valence-corrected chi connectivity index (χ3v) is 4.47. The summed E-state index contributed by atoms with van der Waals surface area (Å²) in [6, 6.07) is 1.98. The smallest absolute Gasteiger partial charge is 0.270 e. The van der Waals surface area contributed by atoms with Crippen LogP contribution in [0.3, 0.4) is 0 Å². The third kappa shape index (κ3) is 2.87. The molecule has 2 atom stereocenters. The Morgan fingerprint density at radius 3 is 3.05 bits per heavy atom. The molecule has 5 nitrogen and oxygen atoms in total. The first-order chi connectivity index (χ1) is 10.0. The number of nitrogens with one attached hydrogen (secondary N) is 1. The molecular weight excluding hydrogens is 286 g/mol. The van der Waals surface area contributed by atoms with Gasteiger partial charge in [0, 0.05) is 23.7 Å². The van der Waals surface area contributed by atoms with Crippen LogP contribution in [0.5, 0.6) is 0 Å². The van der Waals surface area contributed by atoms with Crippen LogP contribution in [0.15, 0.2) is 17.6 Å². The first-order valence-corrected chi connectivity index (χ1v) is 7.96. The van der Waals surface area contributed by atoms with Crippen LogP contribution in [-0.2, 0) is 4.74 Å². The molecule has 3 rings (SSSR count). The molecule has 1 amide bonds. The van der Waals surface area contributed by atoms with Crippen LogP contribution in [0.1, 0.15) is 29.3 Å². The second-order valence-corrected chi connectivity index (χ2v) is 6.57. The largest absolute Gasteiger partial charge is 0.375 e. The molecule has 1 saturated heterocycles. The van der Waals surface area contributed by atoms with Gasteiger partial charge >= 0.3 is 0 Å². The standard InChI is InChI=1S/C15H19N3O2S/c1-9-7-20-10(2)6-18(9)15(19)13-4-12(5-16-13)14-8-21-11(3)17-14/h4-5,8-10,16H,6-7H2,1-3H3/t9-,10+/m0/s1. The molecule has 0 radical (unpaired) electrons. The number of aryl methyl sites for hydroxylation is 1. The van der Waals surface area contributed by atoms with Gasteiger partial charge in [-0.1, -0.05) is 0 Å². The highest BCUT2D eigenvalue weighted by Crippen LogP contribution is 2.23. The zero-order chi connectivity index (χ0) is 15.0. The van der Waals surface area contributed by atoms with Gasteiger partial charge in [-0.25, -0.2) is 4.98 Å². The van der Waals surface area contributed by atoms with E-state index in [1.165, 1.54) is 0 Å². The van der Waals surface area contributed by atoms with Crippen LogP contribution in [0, 0.1) is 6.92 Å². The molecule has 1 N–H and O–H groups in total. The summed E-state index contributed by atoms with van der Waals surface area (Å²) in [6.45, 7) is 7.20. The lowest BCUT2D eigenvalue weighted by atomic mass is 10.2. The van der Waals surface area contributed by atoms with Crippen molar-refractivity contribution in [1.29, 1.82) is 0 Å². The van der Waals surface area contributed by atoms with Crippen LogP contribution in [-0.4, -0.2) is 46.1 Å². The highest BCUT2D eigenvalue weighted by molar-refractivity contribution is 7.09. The third-order valence-electron chi connectivity index (χ3n) is 3.70. The van der Waals surface area contributed by atoms with E-state index < -0.39 is 0 Å². The Hall–Kier alpha value is -1.66. The monoisotopic (exact) mass is 305 g/mol. The van der Waals surface area contributed by atoms with Crippen molar-refractivity contribution in [1.82, 2.24) is 14.9 Å². The zero-order valence-electron chi connectivity index (χ0n) is 12.4. The Kier molecular flexibility index (Phi) is 3.82. The Bertz CT molecular complexity index is 649. The van der Waals surface area contributed by atoms with Crippen LogP contribution in [0.4, 0.5) is 0 Å². The molecule has 1 fully saturated rings. The first kappa shape index (κ1) is 14.3. The van der Waals surface area contributed by atoms with Gasteiger partial charge in [0.25, 0.3) is 5.91 Å². The van der Waals surface area contributed by atoms with Gasteiger partial charge in [0.05, 0.1) is 29.5 Å². The average molecular weight is 305 g/mol.